The quantitative estimate of drug-likeness (QED) is 0.674. The Hall–Kier alpha value is -1.01. The topological polar surface area (TPSA) is 51.2 Å². The lowest BCUT2D eigenvalue weighted by molar-refractivity contribution is 0.0202. The van der Waals surface area contributed by atoms with Crippen LogP contribution in [0.5, 0.6) is 11.5 Å². The third-order valence-corrected chi connectivity index (χ3v) is 4.91. The monoisotopic (exact) mass is 371 g/mol. The standard InChI is InChI=1S/C19H30ClNO4/c1-14-5-4-6-15(2)21(14)12-17(22)13-25-18-8-7-16(20)11-19(18)24-10-9-23-3/h7-8,11,14-15,17,22H,4-6,9-10,12-13H2,1-3H3. The van der Waals surface area contributed by atoms with Crippen LogP contribution in [0.1, 0.15) is 33.1 Å². The summed E-state index contributed by atoms with van der Waals surface area (Å²) in [5.74, 6) is 1.15. The van der Waals surface area contributed by atoms with Crippen LogP contribution in [0.25, 0.3) is 0 Å². The number of likely N-dealkylation sites (tertiary alicyclic amines) is 1. The maximum atomic E-state index is 10.4. The number of piperidine rings is 1. The van der Waals surface area contributed by atoms with Crippen LogP contribution < -0.4 is 9.47 Å². The highest BCUT2D eigenvalue weighted by Crippen LogP contribution is 2.30. The number of rotatable bonds is 9. The summed E-state index contributed by atoms with van der Waals surface area (Å²) >= 11 is 6.03. The Kier molecular flexibility index (Phi) is 8.30. The maximum absolute atomic E-state index is 10.4. The van der Waals surface area contributed by atoms with Crippen LogP contribution in [0, 0.1) is 0 Å². The molecular formula is C19H30ClNO4. The van der Waals surface area contributed by atoms with Gasteiger partial charge in [-0.1, -0.05) is 18.0 Å². The molecule has 0 saturated carbocycles. The number of ether oxygens (including phenoxy) is 3. The smallest absolute Gasteiger partial charge is 0.162 e. The lowest BCUT2D eigenvalue weighted by Crippen LogP contribution is -2.48. The minimum absolute atomic E-state index is 0.220. The van der Waals surface area contributed by atoms with Crippen molar-refractivity contribution in [2.75, 3.05) is 33.5 Å². The van der Waals surface area contributed by atoms with Crippen molar-refractivity contribution in [2.45, 2.75) is 51.3 Å². The van der Waals surface area contributed by atoms with Crippen LogP contribution in [0.4, 0.5) is 0 Å². The average molecular weight is 372 g/mol. The third kappa shape index (κ3) is 6.33. The van der Waals surface area contributed by atoms with E-state index in [0.717, 1.165) is 0 Å². The lowest BCUT2D eigenvalue weighted by atomic mass is 9.97. The number of aliphatic hydroxyl groups is 1. The number of β-amino-alcohol motifs (C(OH)–C–C–N with tert-alkyl or cyclic N) is 1. The van der Waals surface area contributed by atoms with Crippen molar-refractivity contribution < 1.29 is 19.3 Å². The van der Waals surface area contributed by atoms with E-state index in [-0.39, 0.29) is 6.61 Å². The van der Waals surface area contributed by atoms with Crippen molar-refractivity contribution in [1.82, 2.24) is 4.90 Å². The van der Waals surface area contributed by atoms with Gasteiger partial charge in [0, 0.05) is 36.8 Å². The second-order valence-electron chi connectivity index (χ2n) is 6.72. The fourth-order valence-corrected chi connectivity index (χ4v) is 3.43. The van der Waals surface area contributed by atoms with E-state index >= 15 is 0 Å². The number of aliphatic hydroxyl groups excluding tert-OH is 1. The second kappa shape index (κ2) is 10.2. The van der Waals surface area contributed by atoms with Crippen molar-refractivity contribution in [3.8, 4) is 11.5 Å². The zero-order chi connectivity index (χ0) is 18.2. The fourth-order valence-electron chi connectivity index (χ4n) is 3.27. The van der Waals surface area contributed by atoms with Gasteiger partial charge in [-0.3, -0.25) is 4.90 Å². The molecule has 6 heteroatoms. The van der Waals surface area contributed by atoms with Crippen LogP contribution in [0.15, 0.2) is 18.2 Å². The summed E-state index contributed by atoms with van der Waals surface area (Å²) < 4.78 is 16.4. The highest BCUT2D eigenvalue weighted by atomic mass is 35.5. The van der Waals surface area contributed by atoms with Crippen molar-refractivity contribution >= 4 is 11.6 Å². The predicted molar refractivity (Wildman–Crippen MR) is 99.8 cm³/mol. The van der Waals surface area contributed by atoms with Gasteiger partial charge in [-0.2, -0.15) is 0 Å². The molecule has 1 N–H and O–H groups in total. The summed E-state index contributed by atoms with van der Waals surface area (Å²) in [5, 5.41) is 11.0. The first-order valence-electron chi connectivity index (χ1n) is 8.99. The van der Waals surface area contributed by atoms with Crippen LogP contribution in [0.2, 0.25) is 5.02 Å². The van der Waals surface area contributed by atoms with Crippen LogP contribution in [-0.4, -0.2) is 61.7 Å². The van der Waals surface area contributed by atoms with Gasteiger partial charge in [0.1, 0.15) is 19.3 Å². The molecule has 5 nitrogen and oxygen atoms in total. The molecule has 1 aliphatic heterocycles. The molecule has 0 aliphatic carbocycles. The Labute approximate surface area is 155 Å². The Morgan fingerprint density at radius 3 is 2.56 bits per heavy atom. The van der Waals surface area contributed by atoms with Gasteiger partial charge in [0.15, 0.2) is 11.5 Å². The molecule has 1 heterocycles. The Bertz CT molecular complexity index is 518. The molecule has 0 aromatic heterocycles. The number of hydrogen-bond donors (Lipinski definition) is 1. The predicted octanol–water partition coefficient (Wildman–Crippen LogP) is 3.37. The number of halogens is 1. The molecule has 1 aromatic carbocycles. The Morgan fingerprint density at radius 1 is 1.16 bits per heavy atom. The molecule has 1 aromatic rings. The van der Waals surface area contributed by atoms with Crippen molar-refractivity contribution in [3.05, 3.63) is 23.2 Å². The zero-order valence-corrected chi connectivity index (χ0v) is 16.2. The van der Waals surface area contributed by atoms with Crippen LogP contribution in [-0.2, 0) is 4.74 Å². The van der Waals surface area contributed by atoms with Gasteiger partial charge < -0.3 is 19.3 Å². The molecule has 1 fully saturated rings. The van der Waals surface area contributed by atoms with Crippen molar-refractivity contribution in [2.24, 2.45) is 0 Å². The molecule has 142 valence electrons. The summed E-state index contributed by atoms with van der Waals surface area (Å²) in [6.45, 7) is 6.19. The van der Waals surface area contributed by atoms with E-state index in [2.05, 4.69) is 18.7 Å². The molecule has 1 saturated heterocycles. The van der Waals surface area contributed by atoms with E-state index < -0.39 is 6.10 Å². The fraction of sp³-hybridized carbons (Fsp3) is 0.684. The van der Waals surface area contributed by atoms with E-state index in [1.54, 1.807) is 25.3 Å². The number of hydrogen-bond acceptors (Lipinski definition) is 5. The van der Waals surface area contributed by atoms with Crippen LogP contribution in [0.3, 0.4) is 0 Å². The first-order valence-corrected chi connectivity index (χ1v) is 9.37. The molecular weight excluding hydrogens is 342 g/mol. The Morgan fingerprint density at radius 2 is 1.88 bits per heavy atom. The molecule has 0 bridgehead atoms. The van der Waals surface area contributed by atoms with Gasteiger partial charge in [0.2, 0.25) is 0 Å². The summed E-state index contributed by atoms with van der Waals surface area (Å²) in [4.78, 5) is 2.37. The molecule has 3 unspecified atom stereocenters. The Balaban J connectivity index is 1.89. The highest BCUT2D eigenvalue weighted by molar-refractivity contribution is 6.30. The zero-order valence-electron chi connectivity index (χ0n) is 15.4. The SMILES string of the molecule is COCCOc1cc(Cl)ccc1OCC(O)CN1C(C)CCCC1C. The minimum atomic E-state index is -0.550. The normalized spacial score (nSPS) is 22.6. The highest BCUT2D eigenvalue weighted by Gasteiger charge is 2.26. The van der Waals surface area contributed by atoms with Crippen molar-refractivity contribution in [1.29, 1.82) is 0 Å². The van der Waals surface area contributed by atoms with E-state index in [9.17, 15) is 5.11 Å². The molecule has 0 spiro atoms. The van der Waals surface area contributed by atoms with Gasteiger partial charge in [0.25, 0.3) is 0 Å². The van der Waals surface area contributed by atoms with E-state index in [0.29, 0.717) is 48.4 Å². The van der Waals surface area contributed by atoms with Gasteiger partial charge in [-0.25, -0.2) is 0 Å². The molecule has 2 rings (SSSR count). The van der Waals surface area contributed by atoms with Gasteiger partial charge in [-0.15, -0.1) is 0 Å². The second-order valence-corrected chi connectivity index (χ2v) is 7.16. The van der Waals surface area contributed by atoms with E-state index in [4.69, 9.17) is 25.8 Å². The first kappa shape index (κ1) is 20.3. The summed E-state index contributed by atoms with van der Waals surface area (Å²) in [5.41, 5.74) is 0. The third-order valence-electron chi connectivity index (χ3n) is 4.68. The molecule has 3 atom stereocenters. The average Bonchev–Trinajstić information content (AvgIpc) is 2.58. The van der Waals surface area contributed by atoms with E-state index in [1.165, 1.54) is 19.3 Å². The lowest BCUT2D eigenvalue weighted by Gasteiger charge is -2.40. The molecule has 25 heavy (non-hydrogen) atoms. The maximum Gasteiger partial charge on any atom is 0.162 e. The van der Waals surface area contributed by atoms with Crippen molar-refractivity contribution in [3.63, 3.8) is 0 Å². The van der Waals surface area contributed by atoms with Gasteiger partial charge in [-0.05, 0) is 38.8 Å². The largest absolute Gasteiger partial charge is 0.487 e. The number of nitrogens with zero attached hydrogens (tertiary/aromatic N) is 1. The van der Waals surface area contributed by atoms with Gasteiger partial charge >= 0.3 is 0 Å². The molecule has 1 aliphatic rings. The summed E-state index contributed by atoms with van der Waals surface area (Å²) in [7, 11) is 1.62. The first-order chi connectivity index (χ1) is 12.0. The van der Waals surface area contributed by atoms with E-state index in [1.807, 2.05) is 0 Å². The summed E-state index contributed by atoms with van der Waals surface area (Å²) in [6.07, 6.45) is 3.09. The summed E-state index contributed by atoms with van der Waals surface area (Å²) in [6, 6.07) is 6.24. The minimum Gasteiger partial charge on any atom is -0.487 e. The van der Waals surface area contributed by atoms with Crippen LogP contribution >= 0.6 is 11.6 Å². The number of methoxy groups -OCH3 is 1. The molecule has 0 radical (unpaired) electrons. The molecule has 0 amide bonds. The number of benzene rings is 1. The van der Waals surface area contributed by atoms with Gasteiger partial charge in [0.05, 0.1) is 6.61 Å².